The number of amides is 1. The van der Waals surface area contributed by atoms with Crippen molar-refractivity contribution in [3.05, 3.63) is 52.3 Å². The van der Waals surface area contributed by atoms with Crippen molar-refractivity contribution >= 4 is 11.6 Å². The van der Waals surface area contributed by atoms with Crippen LogP contribution in [0, 0.1) is 0 Å². The molecular formula is C18H19N5O4. The standard InChI is InChI=1S/C18H19N5O4/c1-26-14-7-12-3-5-21(10-13(12)8-15(14)27-2)17(24)11-23-18(25)22-6-4-19-9-16(22)20-23/h4,6-9H,3,5,10-11H2,1-2H3. The van der Waals surface area contributed by atoms with E-state index in [0.29, 0.717) is 36.7 Å². The van der Waals surface area contributed by atoms with Crippen molar-refractivity contribution in [2.75, 3.05) is 20.8 Å². The van der Waals surface area contributed by atoms with Gasteiger partial charge in [0.15, 0.2) is 17.1 Å². The number of carbonyl (C=O) groups is 1. The predicted molar refractivity (Wildman–Crippen MR) is 95.9 cm³/mol. The van der Waals surface area contributed by atoms with E-state index in [-0.39, 0.29) is 18.1 Å². The number of benzene rings is 1. The van der Waals surface area contributed by atoms with Gasteiger partial charge in [-0.25, -0.2) is 13.9 Å². The van der Waals surface area contributed by atoms with Crippen molar-refractivity contribution in [3.8, 4) is 11.5 Å². The minimum atomic E-state index is -0.357. The van der Waals surface area contributed by atoms with Crippen molar-refractivity contribution in [2.45, 2.75) is 19.5 Å². The Morgan fingerprint density at radius 1 is 1.19 bits per heavy atom. The zero-order chi connectivity index (χ0) is 19.0. The fourth-order valence-corrected chi connectivity index (χ4v) is 3.31. The molecule has 9 nitrogen and oxygen atoms in total. The van der Waals surface area contributed by atoms with Gasteiger partial charge in [0.25, 0.3) is 0 Å². The van der Waals surface area contributed by atoms with Crippen LogP contribution in [0.2, 0.25) is 0 Å². The average molecular weight is 369 g/mol. The molecule has 0 saturated carbocycles. The van der Waals surface area contributed by atoms with Gasteiger partial charge in [-0.2, -0.15) is 0 Å². The Morgan fingerprint density at radius 3 is 2.63 bits per heavy atom. The fourth-order valence-electron chi connectivity index (χ4n) is 3.31. The van der Waals surface area contributed by atoms with Crippen LogP contribution in [0.15, 0.2) is 35.5 Å². The van der Waals surface area contributed by atoms with Crippen molar-refractivity contribution in [3.63, 3.8) is 0 Å². The smallest absolute Gasteiger partial charge is 0.350 e. The maximum absolute atomic E-state index is 12.7. The van der Waals surface area contributed by atoms with E-state index in [1.807, 2.05) is 12.1 Å². The lowest BCUT2D eigenvalue weighted by molar-refractivity contribution is -0.133. The normalized spacial score (nSPS) is 13.5. The number of rotatable bonds is 4. The lowest BCUT2D eigenvalue weighted by atomic mass is 9.98. The summed E-state index contributed by atoms with van der Waals surface area (Å²) in [5.41, 5.74) is 2.20. The molecule has 2 aromatic heterocycles. The Kier molecular flexibility index (Phi) is 4.27. The van der Waals surface area contributed by atoms with Crippen molar-refractivity contribution < 1.29 is 14.3 Å². The molecule has 0 unspecified atom stereocenters. The van der Waals surface area contributed by atoms with Gasteiger partial charge in [-0.3, -0.25) is 9.78 Å². The number of aromatic nitrogens is 4. The second-order valence-corrected chi connectivity index (χ2v) is 6.29. The van der Waals surface area contributed by atoms with E-state index >= 15 is 0 Å². The molecule has 4 rings (SSSR count). The fraction of sp³-hybridized carbons (Fsp3) is 0.333. The van der Waals surface area contributed by atoms with Crippen LogP contribution < -0.4 is 15.2 Å². The third kappa shape index (κ3) is 3.01. The lowest BCUT2D eigenvalue weighted by Crippen LogP contribution is -2.39. The molecule has 3 heterocycles. The SMILES string of the molecule is COc1cc2c(cc1OC)CN(C(=O)Cn1nc3cnccn3c1=O)CC2. The lowest BCUT2D eigenvalue weighted by Gasteiger charge is -2.29. The molecule has 0 radical (unpaired) electrons. The largest absolute Gasteiger partial charge is 0.493 e. The summed E-state index contributed by atoms with van der Waals surface area (Å²) in [5.74, 6) is 1.16. The molecule has 3 aromatic rings. The summed E-state index contributed by atoms with van der Waals surface area (Å²) in [6, 6.07) is 3.85. The molecule has 1 aromatic carbocycles. The average Bonchev–Trinajstić information content (AvgIpc) is 3.02. The van der Waals surface area contributed by atoms with Gasteiger partial charge in [0.05, 0.1) is 20.4 Å². The van der Waals surface area contributed by atoms with Gasteiger partial charge >= 0.3 is 5.69 Å². The van der Waals surface area contributed by atoms with E-state index in [1.165, 1.54) is 27.7 Å². The Morgan fingerprint density at radius 2 is 1.93 bits per heavy atom. The molecule has 140 valence electrons. The number of hydrogen-bond donors (Lipinski definition) is 0. The van der Waals surface area contributed by atoms with Crippen LogP contribution in [0.25, 0.3) is 5.65 Å². The van der Waals surface area contributed by atoms with Crippen LogP contribution in [0.4, 0.5) is 0 Å². The molecule has 27 heavy (non-hydrogen) atoms. The van der Waals surface area contributed by atoms with E-state index < -0.39 is 0 Å². The number of nitrogens with zero attached hydrogens (tertiary/aromatic N) is 5. The van der Waals surface area contributed by atoms with Crippen molar-refractivity contribution in [2.24, 2.45) is 0 Å². The third-order valence-corrected chi connectivity index (χ3v) is 4.74. The number of carbonyl (C=O) groups excluding carboxylic acids is 1. The van der Waals surface area contributed by atoms with Gasteiger partial charge in [0.1, 0.15) is 6.54 Å². The first-order valence-electron chi connectivity index (χ1n) is 8.51. The molecule has 1 amide bonds. The van der Waals surface area contributed by atoms with E-state index in [1.54, 1.807) is 19.1 Å². The molecule has 1 aliphatic rings. The highest BCUT2D eigenvalue weighted by Gasteiger charge is 2.24. The molecule has 9 heteroatoms. The Balaban J connectivity index is 1.55. The van der Waals surface area contributed by atoms with Crippen LogP contribution in [0.5, 0.6) is 11.5 Å². The van der Waals surface area contributed by atoms with Crippen molar-refractivity contribution in [1.29, 1.82) is 0 Å². The number of hydrogen-bond acceptors (Lipinski definition) is 6. The van der Waals surface area contributed by atoms with Gasteiger partial charge < -0.3 is 14.4 Å². The van der Waals surface area contributed by atoms with Gasteiger partial charge in [-0.15, -0.1) is 5.10 Å². The third-order valence-electron chi connectivity index (χ3n) is 4.74. The monoisotopic (exact) mass is 369 g/mol. The second-order valence-electron chi connectivity index (χ2n) is 6.29. The highest BCUT2D eigenvalue weighted by Crippen LogP contribution is 2.33. The van der Waals surface area contributed by atoms with Gasteiger partial charge in [0, 0.05) is 25.5 Å². The molecule has 0 aliphatic carbocycles. The maximum Gasteiger partial charge on any atom is 0.350 e. The summed E-state index contributed by atoms with van der Waals surface area (Å²) in [7, 11) is 3.19. The van der Waals surface area contributed by atoms with E-state index in [0.717, 1.165) is 11.1 Å². The number of ether oxygens (including phenoxy) is 2. The van der Waals surface area contributed by atoms with E-state index in [9.17, 15) is 9.59 Å². The highest BCUT2D eigenvalue weighted by atomic mass is 16.5. The Labute approximate surface area is 154 Å². The van der Waals surface area contributed by atoms with Crippen LogP contribution >= 0.6 is 0 Å². The Hall–Kier alpha value is -3.36. The summed E-state index contributed by atoms with van der Waals surface area (Å²) in [4.78, 5) is 30.7. The summed E-state index contributed by atoms with van der Waals surface area (Å²) < 4.78 is 13.2. The van der Waals surface area contributed by atoms with Crippen LogP contribution in [0.3, 0.4) is 0 Å². The van der Waals surface area contributed by atoms with Gasteiger partial charge in [-0.05, 0) is 29.7 Å². The first-order chi connectivity index (χ1) is 13.1. The molecule has 0 spiro atoms. The second kappa shape index (κ2) is 6.75. The molecule has 1 aliphatic heterocycles. The van der Waals surface area contributed by atoms with Crippen LogP contribution in [-0.4, -0.2) is 50.7 Å². The molecular weight excluding hydrogens is 350 g/mol. The van der Waals surface area contributed by atoms with Crippen LogP contribution in [-0.2, 0) is 24.3 Å². The maximum atomic E-state index is 12.7. The molecule has 0 fully saturated rings. The van der Waals surface area contributed by atoms with Crippen LogP contribution in [0.1, 0.15) is 11.1 Å². The molecule has 0 saturated heterocycles. The highest BCUT2D eigenvalue weighted by molar-refractivity contribution is 5.76. The minimum absolute atomic E-state index is 0.108. The predicted octanol–water partition coefficient (Wildman–Crippen LogP) is 0.493. The summed E-state index contributed by atoms with van der Waals surface area (Å²) in [6.45, 7) is 0.923. The minimum Gasteiger partial charge on any atom is -0.493 e. The van der Waals surface area contributed by atoms with E-state index in [2.05, 4.69) is 10.1 Å². The zero-order valence-corrected chi connectivity index (χ0v) is 15.1. The number of methoxy groups -OCH3 is 2. The summed E-state index contributed by atoms with van der Waals surface area (Å²) in [6.07, 6.45) is 5.23. The zero-order valence-electron chi connectivity index (χ0n) is 15.1. The quantitative estimate of drug-likeness (QED) is 0.665. The first-order valence-corrected chi connectivity index (χ1v) is 8.51. The molecule has 0 bridgehead atoms. The van der Waals surface area contributed by atoms with Gasteiger partial charge in [-0.1, -0.05) is 0 Å². The first kappa shape index (κ1) is 17.1. The number of fused-ring (bicyclic) bond motifs is 2. The summed E-state index contributed by atoms with van der Waals surface area (Å²) >= 11 is 0. The molecule has 0 atom stereocenters. The Bertz CT molecular complexity index is 1070. The van der Waals surface area contributed by atoms with E-state index in [4.69, 9.17) is 9.47 Å². The van der Waals surface area contributed by atoms with Crippen molar-refractivity contribution in [1.82, 2.24) is 24.1 Å². The summed E-state index contributed by atoms with van der Waals surface area (Å²) in [5, 5.41) is 4.16. The molecule has 0 N–H and O–H groups in total. The van der Waals surface area contributed by atoms with Gasteiger partial charge in [0.2, 0.25) is 5.91 Å². The topological polar surface area (TPSA) is 91.0 Å².